The van der Waals surface area contributed by atoms with Crippen molar-refractivity contribution in [3.63, 3.8) is 0 Å². The van der Waals surface area contributed by atoms with Crippen LogP contribution in [0.15, 0.2) is 36.5 Å². The van der Waals surface area contributed by atoms with E-state index < -0.39 is 0 Å². The zero-order valence-electron chi connectivity index (χ0n) is 15.8. The summed E-state index contributed by atoms with van der Waals surface area (Å²) < 4.78 is 0. The fourth-order valence-corrected chi connectivity index (χ4v) is 4.31. The number of aromatic amines is 1. The van der Waals surface area contributed by atoms with Gasteiger partial charge in [-0.2, -0.15) is 0 Å². The fourth-order valence-electron chi connectivity index (χ4n) is 4.31. The summed E-state index contributed by atoms with van der Waals surface area (Å²) in [6.07, 6.45) is 10.4. The minimum atomic E-state index is 0. The summed E-state index contributed by atoms with van der Waals surface area (Å²) >= 11 is 0. The molecule has 3 aromatic rings. The number of hydrogen-bond donors (Lipinski definition) is 2. The highest BCUT2D eigenvalue weighted by atomic mass is 14.9. The first kappa shape index (κ1) is 17.3. The molecule has 2 heterocycles. The van der Waals surface area contributed by atoms with Crippen molar-refractivity contribution in [2.24, 2.45) is 0 Å². The van der Waals surface area contributed by atoms with Gasteiger partial charge in [-0.3, -0.25) is 4.98 Å². The molecule has 0 bridgehead atoms. The number of pyridine rings is 1. The number of para-hydroxylation sites is 1. The normalized spacial score (nSPS) is 13.9. The quantitative estimate of drug-likeness (QED) is 0.591. The molecule has 3 heteroatoms. The van der Waals surface area contributed by atoms with Crippen LogP contribution in [0.4, 0.5) is 0 Å². The van der Waals surface area contributed by atoms with Crippen LogP contribution >= 0.6 is 0 Å². The Morgan fingerprint density at radius 1 is 1.15 bits per heavy atom. The highest BCUT2D eigenvalue weighted by molar-refractivity contribution is 5.84. The number of benzene rings is 1. The lowest BCUT2D eigenvalue weighted by Gasteiger charge is -2.18. The topological polar surface area (TPSA) is 40.7 Å². The van der Waals surface area contributed by atoms with Crippen molar-refractivity contribution in [2.45, 2.75) is 58.4 Å². The van der Waals surface area contributed by atoms with Crippen LogP contribution in [0.2, 0.25) is 0 Å². The van der Waals surface area contributed by atoms with E-state index in [0.717, 1.165) is 32.4 Å². The number of hydrogen-bond acceptors (Lipinski definition) is 2. The average molecular weight is 350 g/mol. The number of aromatic nitrogens is 2. The van der Waals surface area contributed by atoms with Gasteiger partial charge >= 0.3 is 0 Å². The van der Waals surface area contributed by atoms with Crippen LogP contribution in [0.5, 0.6) is 0 Å². The third kappa shape index (κ3) is 3.54. The van der Waals surface area contributed by atoms with Crippen LogP contribution in [0.3, 0.4) is 0 Å². The number of aryl methyl sites for hydroxylation is 3. The number of nitrogens with zero attached hydrogens (tertiary/aromatic N) is 1. The van der Waals surface area contributed by atoms with Gasteiger partial charge in [0.25, 0.3) is 0 Å². The third-order valence-corrected chi connectivity index (χ3v) is 5.69. The van der Waals surface area contributed by atoms with Crippen LogP contribution in [0.25, 0.3) is 10.9 Å². The summed E-state index contributed by atoms with van der Waals surface area (Å²) in [5.74, 6) is 0. The Kier molecular flexibility index (Phi) is 5.35. The summed E-state index contributed by atoms with van der Waals surface area (Å²) in [5.41, 5.74) is 8.46. The molecule has 0 saturated carbocycles. The number of H-pyrrole nitrogens is 1. The molecule has 26 heavy (non-hydrogen) atoms. The molecule has 1 aliphatic rings. The van der Waals surface area contributed by atoms with Gasteiger partial charge in [0, 0.05) is 36.5 Å². The van der Waals surface area contributed by atoms with Crippen molar-refractivity contribution < 1.29 is 1.43 Å². The molecule has 0 radical (unpaired) electrons. The largest absolute Gasteiger partial charge is 0.358 e. The first-order valence-electron chi connectivity index (χ1n) is 10.1. The molecule has 0 amide bonds. The average Bonchev–Trinajstić information content (AvgIpc) is 3.05. The van der Waals surface area contributed by atoms with E-state index in [1.165, 1.54) is 53.5 Å². The molecular formula is C23H31N3. The minimum absolute atomic E-state index is 0. The minimum Gasteiger partial charge on any atom is -0.358 e. The Balaban J connectivity index is 0.00000210. The molecule has 2 N–H and O–H groups in total. The van der Waals surface area contributed by atoms with Gasteiger partial charge in [-0.1, -0.05) is 25.1 Å². The monoisotopic (exact) mass is 349 g/mol. The summed E-state index contributed by atoms with van der Waals surface area (Å²) in [7, 11) is 0. The van der Waals surface area contributed by atoms with E-state index in [1.807, 2.05) is 6.20 Å². The Morgan fingerprint density at radius 2 is 2.04 bits per heavy atom. The highest BCUT2D eigenvalue weighted by Crippen LogP contribution is 2.24. The molecule has 1 aliphatic carbocycles. The van der Waals surface area contributed by atoms with E-state index in [0.29, 0.717) is 0 Å². The number of fused-ring (bicyclic) bond motifs is 2. The zero-order chi connectivity index (χ0) is 17.8. The first-order chi connectivity index (χ1) is 12.9. The lowest BCUT2D eigenvalue weighted by atomic mass is 9.90. The molecule has 0 unspecified atom stereocenters. The van der Waals surface area contributed by atoms with Crippen LogP contribution in [0, 0.1) is 0 Å². The Morgan fingerprint density at radius 3 is 2.96 bits per heavy atom. The maximum absolute atomic E-state index is 4.68. The predicted octanol–water partition coefficient (Wildman–Crippen LogP) is 4.97. The van der Waals surface area contributed by atoms with Crippen molar-refractivity contribution in [3.05, 3.63) is 64.6 Å². The molecule has 138 valence electrons. The molecule has 3 nitrogen and oxygen atoms in total. The maximum Gasteiger partial charge on any atom is 0.0459 e. The number of nitrogens with one attached hydrogen (secondary N) is 2. The van der Waals surface area contributed by atoms with Crippen molar-refractivity contribution in [3.8, 4) is 0 Å². The number of rotatable bonds is 7. The summed E-state index contributed by atoms with van der Waals surface area (Å²) in [6.45, 7) is 4.19. The van der Waals surface area contributed by atoms with Crippen LogP contribution in [-0.2, 0) is 32.2 Å². The lowest BCUT2D eigenvalue weighted by Crippen LogP contribution is -2.17. The molecule has 0 aliphatic heterocycles. The van der Waals surface area contributed by atoms with Crippen LogP contribution < -0.4 is 5.32 Å². The first-order valence-corrected chi connectivity index (χ1v) is 10.1. The standard InChI is InChI=1S/C23H29N3.H2/c1-2-21-20(19-10-5-6-11-23(19)26-21)16-24-14-7-12-22-18-9-4-3-8-17(18)13-15-25-22;/h5-6,10-11,13,15,24,26H,2-4,7-9,12,14,16H2,1H3;1H. The molecule has 0 atom stereocenters. The maximum atomic E-state index is 4.68. The van der Waals surface area contributed by atoms with Gasteiger partial charge in [0.05, 0.1) is 0 Å². The van der Waals surface area contributed by atoms with Gasteiger partial charge in [-0.25, -0.2) is 0 Å². The van der Waals surface area contributed by atoms with E-state index >= 15 is 0 Å². The van der Waals surface area contributed by atoms with E-state index in [4.69, 9.17) is 0 Å². The van der Waals surface area contributed by atoms with Crippen molar-refractivity contribution >= 4 is 10.9 Å². The molecule has 4 rings (SSSR count). The van der Waals surface area contributed by atoms with Gasteiger partial charge in [0.2, 0.25) is 0 Å². The van der Waals surface area contributed by atoms with E-state index in [-0.39, 0.29) is 1.43 Å². The second-order valence-electron chi connectivity index (χ2n) is 7.36. The SMILES string of the molecule is CCc1[nH]c2ccccc2c1CNCCCc1nccc2c1CCCC2.[HH]. The Labute approximate surface area is 157 Å². The van der Waals surface area contributed by atoms with Crippen molar-refractivity contribution in [2.75, 3.05) is 6.54 Å². The van der Waals surface area contributed by atoms with Crippen LogP contribution in [-0.4, -0.2) is 16.5 Å². The smallest absolute Gasteiger partial charge is 0.0459 e. The zero-order valence-corrected chi connectivity index (χ0v) is 15.8. The van der Waals surface area contributed by atoms with Crippen molar-refractivity contribution in [1.29, 1.82) is 0 Å². The molecule has 0 saturated heterocycles. The third-order valence-electron chi connectivity index (χ3n) is 5.69. The fraction of sp³-hybridized carbons (Fsp3) is 0.435. The van der Waals surface area contributed by atoms with Crippen LogP contribution in [0.1, 0.15) is 55.7 Å². The summed E-state index contributed by atoms with van der Waals surface area (Å²) in [4.78, 5) is 8.24. The molecule has 2 aromatic heterocycles. The molecule has 0 fully saturated rings. The van der Waals surface area contributed by atoms with Gasteiger partial charge in [0.15, 0.2) is 0 Å². The molecule has 1 aromatic carbocycles. The molecular weight excluding hydrogens is 318 g/mol. The van der Waals surface area contributed by atoms with Gasteiger partial charge in [0.1, 0.15) is 0 Å². The van der Waals surface area contributed by atoms with E-state index in [2.05, 4.69) is 52.5 Å². The summed E-state index contributed by atoms with van der Waals surface area (Å²) in [5, 5.41) is 5.01. The predicted molar refractivity (Wildman–Crippen MR) is 111 cm³/mol. The van der Waals surface area contributed by atoms with Gasteiger partial charge < -0.3 is 10.3 Å². The van der Waals surface area contributed by atoms with E-state index in [1.54, 1.807) is 11.1 Å². The Bertz CT molecular complexity index is 884. The molecule has 0 spiro atoms. The highest BCUT2D eigenvalue weighted by Gasteiger charge is 2.13. The second-order valence-corrected chi connectivity index (χ2v) is 7.36. The van der Waals surface area contributed by atoms with E-state index in [9.17, 15) is 0 Å². The second kappa shape index (κ2) is 8.05. The van der Waals surface area contributed by atoms with Gasteiger partial charge in [-0.05, 0) is 80.3 Å². The van der Waals surface area contributed by atoms with Crippen molar-refractivity contribution in [1.82, 2.24) is 15.3 Å². The summed E-state index contributed by atoms with van der Waals surface area (Å²) in [6, 6.07) is 10.8. The lowest BCUT2D eigenvalue weighted by molar-refractivity contribution is 0.629. The van der Waals surface area contributed by atoms with Gasteiger partial charge in [-0.15, -0.1) is 0 Å². The Hall–Kier alpha value is -2.13.